The minimum Gasteiger partial charge on any atom is -0.328 e. The maximum Gasteiger partial charge on any atom is 0.321 e. The third-order valence-corrected chi connectivity index (χ3v) is 4.21. The summed E-state index contributed by atoms with van der Waals surface area (Å²) in [5.74, 6) is 0.821. The molecular formula is C13H18N6OS. The van der Waals surface area contributed by atoms with E-state index in [0.29, 0.717) is 5.13 Å². The quantitative estimate of drug-likeness (QED) is 0.908. The topological polar surface area (TPSA) is 84.7 Å². The van der Waals surface area contributed by atoms with Gasteiger partial charge in [-0.3, -0.25) is 5.32 Å². The average Bonchev–Trinajstić information content (AvgIpc) is 3.09. The number of amides is 2. The van der Waals surface area contributed by atoms with E-state index in [0.717, 1.165) is 43.7 Å². The van der Waals surface area contributed by atoms with Crippen molar-refractivity contribution in [3.8, 4) is 0 Å². The van der Waals surface area contributed by atoms with E-state index in [1.165, 1.54) is 17.7 Å². The molecule has 0 aliphatic carbocycles. The predicted octanol–water partition coefficient (Wildman–Crippen LogP) is 2.34. The number of thiazole rings is 1. The second-order valence-electron chi connectivity index (χ2n) is 5.03. The summed E-state index contributed by atoms with van der Waals surface area (Å²) in [4.78, 5) is 20.7. The Balaban J connectivity index is 1.59. The Bertz CT molecular complexity index is 622. The second kappa shape index (κ2) is 6.21. The number of fused-ring (bicyclic) bond motifs is 1. The number of urea groups is 1. The lowest BCUT2D eigenvalue weighted by molar-refractivity contribution is 0.244. The molecule has 2 aromatic rings. The molecule has 1 atom stereocenters. The molecule has 1 aliphatic rings. The summed E-state index contributed by atoms with van der Waals surface area (Å²) >= 11 is 1.45. The van der Waals surface area contributed by atoms with Gasteiger partial charge in [0.05, 0.1) is 11.7 Å². The highest BCUT2D eigenvalue weighted by molar-refractivity contribution is 7.13. The Hall–Kier alpha value is -1.96. The molecule has 2 amide bonds. The van der Waals surface area contributed by atoms with Crippen LogP contribution in [0.25, 0.3) is 0 Å². The third-order valence-electron chi connectivity index (χ3n) is 3.40. The van der Waals surface area contributed by atoms with Gasteiger partial charge in [-0.25, -0.2) is 19.4 Å². The molecule has 0 saturated heterocycles. The van der Waals surface area contributed by atoms with Crippen LogP contribution in [0.3, 0.4) is 0 Å². The van der Waals surface area contributed by atoms with Gasteiger partial charge in [-0.05, 0) is 19.3 Å². The Labute approximate surface area is 126 Å². The molecule has 1 aliphatic heterocycles. The summed E-state index contributed by atoms with van der Waals surface area (Å²) in [6.07, 6.45) is 5.38. The molecule has 2 aromatic heterocycles. The van der Waals surface area contributed by atoms with Crippen LogP contribution in [0.5, 0.6) is 0 Å². The summed E-state index contributed by atoms with van der Waals surface area (Å²) in [5.41, 5.74) is 1.02. The minimum absolute atomic E-state index is 0.0867. The van der Waals surface area contributed by atoms with Crippen LogP contribution in [0, 0.1) is 0 Å². The van der Waals surface area contributed by atoms with Crippen molar-refractivity contribution in [3.05, 3.63) is 23.2 Å². The smallest absolute Gasteiger partial charge is 0.321 e. The molecule has 0 bridgehead atoms. The molecule has 0 radical (unpaired) electrons. The summed E-state index contributed by atoms with van der Waals surface area (Å²) < 4.78 is 1.84. The van der Waals surface area contributed by atoms with Crippen molar-refractivity contribution < 1.29 is 4.79 Å². The Kier molecular flexibility index (Phi) is 4.14. The zero-order valence-corrected chi connectivity index (χ0v) is 12.7. The molecule has 0 unspecified atom stereocenters. The molecule has 3 heterocycles. The highest BCUT2D eigenvalue weighted by Crippen LogP contribution is 2.22. The van der Waals surface area contributed by atoms with E-state index in [-0.39, 0.29) is 12.1 Å². The third kappa shape index (κ3) is 3.21. The maximum absolute atomic E-state index is 12.1. The van der Waals surface area contributed by atoms with Gasteiger partial charge in [-0.2, -0.15) is 5.10 Å². The number of hydrogen-bond acceptors (Lipinski definition) is 5. The number of carbonyl (C=O) groups excluding carboxylic acids is 1. The number of nitrogens with one attached hydrogen (secondary N) is 2. The van der Waals surface area contributed by atoms with Gasteiger partial charge in [0.1, 0.15) is 12.2 Å². The van der Waals surface area contributed by atoms with Gasteiger partial charge in [0.25, 0.3) is 0 Å². The largest absolute Gasteiger partial charge is 0.328 e. The van der Waals surface area contributed by atoms with Gasteiger partial charge in [-0.15, -0.1) is 11.3 Å². The molecule has 2 N–H and O–H groups in total. The maximum atomic E-state index is 12.1. The first kappa shape index (κ1) is 14.0. The van der Waals surface area contributed by atoms with Crippen LogP contribution < -0.4 is 10.6 Å². The number of nitrogens with zero attached hydrogens (tertiary/aromatic N) is 4. The van der Waals surface area contributed by atoms with Crippen LogP contribution in [0.15, 0.2) is 11.7 Å². The highest BCUT2D eigenvalue weighted by atomic mass is 32.1. The SMILES string of the molecule is CCCc1csc(NC(=O)N[C@@H]2CCCn3ncnc32)n1. The van der Waals surface area contributed by atoms with Gasteiger partial charge in [0.2, 0.25) is 0 Å². The lowest BCUT2D eigenvalue weighted by atomic mass is 10.1. The van der Waals surface area contributed by atoms with E-state index in [4.69, 9.17) is 0 Å². The van der Waals surface area contributed by atoms with Crippen LogP contribution in [0.1, 0.15) is 43.7 Å². The van der Waals surface area contributed by atoms with E-state index in [1.807, 2.05) is 10.1 Å². The van der Waals surface area contributed by atoms with Crippen molar-refractivity contribution in [2.45, 2.75) is 45.2 Å². The Morgan fingerprint density at radius 1 is 1.57 bits per heavy atom. The molecule has 21 heavy (non-hydrogen) atoms. The molecule has 0 saturated carbocycles. The number of carbonyl (C=O) groups is 1. The zero-order valence-electron chi connectivity index (χ0n) is 11.9. The van der Waals surface area contributed by atoms with Crippen LogP contribution >= 0.6 is 11.3 Å². The molecule has 8 heteroatoms. The molecular weight excluding hydrogens is 288 g/mol. The number of aromatic nitrogens is 4. The van der Waals surface area contributed by atoms with E-state index in [2.05, 4.69) is 32.6 Å². The number of rotatable bonds is 4. The average molecular weight is 306 g/mol. The molecule has 112 valence electrons. The van der Waals surface area contributed by atoms with Crippen molar-refractivity contribution in [2.24, 2.45) is 0 Å². The monoisotopic (exact) mass is 306 g/mol. The van der Waals surface area contributed by atoms with Crippen LogP contribution in [0.4, 0.5) is 9.93 Å². The molecule has 3 rings (SSSR count). The van der Waals surface area contributed by atoms with Crippen molar-refractivity contribution in [1.29, 1.82) is 0 Å². The normalized spacial score (nSPS) is 17.3. The fourth-order valence-electron chi connectivity index (χ4n) is 2.45. The van der Waals surface area contributed by atoms with Crippen LogP contribution in [0.2, 0.25) is 0 Å². The lowest BCUT2D eigenvalue weighted by Gasteiger charge is -2.22. The van der Waals surface area contributed by atoms with Gasteiger partial charge in [0.15, 0.2) is 5.13 Å². The van der Waals surface area contributed by atoms with Crippen LogP contribution in [-0.4, -0.2) is 25.8 Å². The molecule has 0 fully saturated rings. The van der Waals surface area contributed by atoms with E-state index in [1.54, 1.807) is 0 Å². The molecule has 0 spiro atoms. The first-order chi connectivity index (χ1) is 10.3. The summed E-state index contributed by atoms with van der Waals surface area (Å²) in [7, 11) is 0. The number of hydrogen-bond donors (Lipinski definition) is 2. The minimum atomic E-state index is -0.242. The highest BCUT2D eigenvalue weighted by Gasteiger charge is 2.24. The summed E-state index contributed by atoms with van der Waals surface area (Å²) in [5, 5.41) is 12.5. The first-order valence-electron chi connectivity index (χ1n) is 7.16. The number of aryl methyl sites for hydroxylation is 2. The van der Waals surface area contributed by atoms with E-state index < -0.39 is 0 Å². The molecule has 0 aromatic carbocycles. The predicted molar refractivity (Wildman–Crippen MR) is 80.3 cm³/mol. The van der Waals surface area contributed by atoms with Crippen molar-refractivity contribution in [1.82, 2.24) is 25.1 Å². The lowest BCUT2D eigenvalue weighted by Crippen LogP contribution is -2.36. The second-order valence-corrected chi connectivity index (χ2v) is 5.89. The van der Waals surface area contributed by atoms with E-state index in [9.17, 15) is 4.79 Å². The summed E-state index contributed by atoms with van der Waals surface area (Å²) in [6, 6.07) is -0.329. The van der Waals surface area contributed by atoms with Crippen LogP contribution in [-0.2, 0) is 13.0 Å². The Morgan fingerprint density at radius 3 is 3.33 bits per heavy atom. The fourth-order valence-corrected chi connectivity index (χ4v) is 3.19. The van der Waals surface area contributed by atoms with E-state index >= 15 is 0 Å². The van der Waals surface area contributed by atoms with Crippen molar-refractivity contribution in [2.75, 3.05) is 5.32 Å². The van der Waals surface area contributed by atoms with Gasteiger partial charge < -0.3 is 5.32 Å². The van der Waals surface area contributed by atoms with Gasteiger partial charge in [0, 0.05) is 11.9 Å². The summed E-state index contributed by atoms with van der Waals surface area (Å²) in [6.45, 7) is 2.97. The number of anilines is 1. The fraction of sp³-hybridized carbons (Fsp3) is 0.538. The van der Waals surface area contributed by atoms with Gasteiger partial charge >= 0.3 is 6.03 Å². The molecule has 7 nitrogen and oxygen atoms in total. The van der Waals surface area contributed by atoms with Gasteiger partial charge in [-0.1, -0.05) is 13.3 Å². The standard InChI is InChI=1S/C13H18N6OS/c1-2-4-9-7-21-13(16-9)18-12(20)17-10-5-3-6-19-11(10)14-8-15-19/h7-8,10H,2-6H2,1H3,(H2,16,17,18,20)/t10-/m1/s1. The zero-order chi connectivity index (χ0) is 14.7. The first-order valence-corrected chi connectivity index (χ1v) is 8.04. The van der Waals surface area contributed by atoms with Crippen molar-refractivity contribution in [3.63, 3.8) is 0 Å². The Morgan fingerprint density at radius 2 is 2.48 bits per heavy atom. The van der Waals surface area contributed by atoms with Crippen molar-refractivity contribution >= 4 is 22.5 Å².